The highest BCUT2D eigenvalue weighted by Gasteiger charge is 2.48. The zero-order valence-electron chi connectivity index (χ0n) is 20.3. The molecule has 3 heterocycles. The van der Waals surface area contributed by atoms with E-state index in [0.717, 1.165) is 23.9 Å². The molecule has 4 rings (SSSR count). The second-order valence-corrected chi connectivity index (χ2v) is 10.1. The summed E-state index contributed by atoms with van der Waals surface area (Å²) < 4.78 is 53.7. The van der Waals surface area contributed by atoms with Crippen molar-refractivity contribution in [2.45, 2.75) is 34.7 Å². The molecule has 5 atom stereocenters. The normalized spacial score (nSPS) is 23.4. The number of ether oxygens (including phenoxy) is 2. The summed E-state index contributed by atoms with van der Waals surface area (Å²) >= 11 is 7.18. The number of methoxy groups -OCH3 is 1. The van der Waals surface area contributed by atoms with Gasteiger partial charge in [-0.1, -0.05) is 28.6 Å². The number of amides is 1. The molecule has 2 aromatic heterocycles. The second-order valence-electron chi connectivity index (χ2n) is 8.56. The van der Waals surface area contributed by atoms with Crippen LogP contribution < -0.4 is 0 Å². The van der Waals surface area contributed by atoms with Gasteiger partial charge in [0.1, 0.15) is 41.2 Å². The number of pyridine rings is 1. The highest BCUT2D eigenvalue weighted by Crippen LogP contribution is 2.41. The van der Waals surface area contributed by atoms with Crippen LogP contribution in [-0.2, 0) is 9.47 Å². The minimum absolute atomic E-state index is 0.000923. The van der Waals surface area contributed by atoms with Crippen LogP contribution in [-0.4, -0.2) is 92.6 Å². The molecule has 0 radical (unpaired) electrons. The van der Waals surface area contributed by atoms with Gasteiger partial charge in [-0.3, -0.25) is 4.79 Å². The van der Waals surface area contributed by atoms with Crippen molar-refractivity contribution in [3.63, 3.8) is 0 Å². The molecule has 0 saturated carbocycles. The molecule has 38 heavy (non-hydrogen) atoms. The van der Waals surface area contributed by atoms with E-state index in [1.54, 1.807) is 14.1 Å². The molecule has 0 spiro atoms. The maximum Gasteiger partial charge on any atom is 0.273 e. The molecule has 1 aromatic carbocycles. The lowest BCUT2D eigenvalue weighted by Gasteiger charge is -2.43. The molecule has 1 aliphatic heterocycles. The van der Waals surface area contributed by atoms with Crippen LogP contribution in [0.5, 0.6) is 0 Å². The number of hydrogen-bond acceptors (Lipinski definition) is 9. The first-order valence-corrected chi connectivity index (χ1v) is 12.4. The maximum atomic E-state index is 13.8. The molecule has 3 unspecified atom stereocenters. The predicted molar refractivity (Wildman–Crippen MR) is 130 cm³/mol. The van der Waals surface area contributed by atoms with Crippen LogP contribution in [0.3, 0.4) is 0 Å². The lowest BCUT2D eigenvalue weighted by atomic mass is 9.97. The monoisotopic (exact) mass is 573 g/mol. The first-order valence-electron chi connectivity index (χ1n) is 11.1. The molecular formula is C23H23ClF3N5O5S. The molecule has 3 aromatic rings. The molecule has 10 nitrogen and oxygen atoms in total. The summed E-state index contributed by atoms with van der Waals surface area (Å²) in [5.74, 6) is -4.80. The maximum absolute atomic E-state index is 13.8. The zero-order valence-corrected chi connectivity index (χ0v) is 21.8. The number of thioether (sulfide) groups is 1. The van der Waals surface area contributed by atoms with Crippen molar-refractivity contribution in [3.05, 3.63) is 58.8 Å². The van der Waals surface area contributed by atoms with Crippen LogP contribution in [0.25, 0.3) is 11.3 Å². The van der Waals surface area contributed by atoms with E-state index in [0.29, 0.717) is 4.90 Å². The minimum Gasteiger partial charge on any atom is -0.394 e. The summed E-state index contributed by atoms with van der Waals surface area (Å²) in [5, 5.41) is 29.1. The van der Waals surface area contributed by atoms with Gasteiger partial charge in [0.05, 0.1) is 17.8 Å². The third kappa shape index (κ3) is 5.51. The van der Waals surface area contributed by atoms with Gasteiger partial charge in [0, 0.05) is 37.9 Å². The summed E-state index contributed by atoms with van der Waals surface area (Å²) in [7, 11) is 4.50. The van der Waals surface area contributed by atoms with Gasteiger partial charge in [0.25, 0.3) is 5.91 Å². The third-order valence-electron chi connectivity index (χ3n) is 5.86. The smallest absolute Gasteiger partial charge is 0.273 e. The molecule has 204 valence electrons. The summed E-state index contributed by atoms with van der Waals surface area (Å²) in [6.07, 6.45) is -0.750. The highest BCUT2D eigenvalue weighted by atomic mass is 35.5. The van der Waals surface area contributed by atoms with Crippen molar-refractivity contribution in [3.8, 4) is 11.3 Å². The number of halogens is 4. The van der Waals surface area contributed by atoms with E-state index in [-0.39, 0.29) is 27.9 Å². The van der Waals surface area contributed by atoms with Gasteiger partial charge < -0.3 is 24.6 Å². The molecule has 1 saturated heterocycles. The first kappa shape index (κ1) is 28.3. The topological polar surface area (TPSA) is 123 Å². The van der Waals surface area contributed by atoms with E-state index in [4.69, 9.17) is 21.1 Å². The summed E-state index contributed by atoms with van der Waals surface area (Å²) in [5.41, 5.74) is -0.883. The zero-order chi connectivity index (χ0) is 27.7. The Morgan fingerprint density at radius 3 is 2.55 bits per heavy atom. The van der Waals surface area contributed by atoms with Gasteiger partial charge in [-0.15, -0.1) is 5.10 Å². The Hall–Kier alpha value is -2.75. The molecule has 1 amide bonds. The van der Waals surface area contributed by atoms with Crippen molar-refractivity contribution >= 4 is 29.3 Å². The lowest BCUT2D eigenvalue weighted by molar-refractivity contribution is -0.186. The van der Waals surface area contributed by atoms with Crippen LogP contribution >= 0.6 is 23.4 Å². The Morgan fingerprint density at radius 1 is 1.26 bits per heavy atom. The molecule has 0 bridgehead atoms. The SMILES string of the molecule is COC1C(n2cc(-c3cc(F)c(F)c(F)c3)nn2)[C@@H](O)C(CO)O[C@@H]1Sc1cc(Cl)cnc1C(=O)N(C)C. The quantitative estimate of drug-likeness (QED) is 0.411. The molecule has 1 fully saturated rings. The Balaban J connectivity index is 1.71. The van der Waals surface area contributed by atoms with Gasteiger partial charge in [-0.2, -0.15) is 0 Å². The average Bonchev–Trinajstić information content (AvgIpc) is 3.37. The molecule has 2 N–H and O–H groups in total. The standard InChI is InChI=1S/C23H23ClF3N5O5S/c1-31(2)22(35)18-16(6-11(24)7-28-18)38-23-21(36-3)19(20(34)15(9-33)37-23)32-8-14(29-30-32)10-4-12(25)17(27)13(26)5-10/h4-8,15,19-21,23,33-34H,9H2,1-3H3/t15?,19?,20-,21?,23+/m0/s1. The van der Waals surface area contributed by atoms with Crippen LogP contribution in [0.1, 0.15) is 16.5 Å². The van der Waals surface area contributed by atoms with Crippen LogP contribution in [0.2, 0.25) is 5.02 Å². The first-order chi connectivity index (χ1) is 18.0. The van der Waals surface area contributed by atoms with Crippen LogP contribution in [0.15, 0.2) is 35.5 Å². The second kappa shape index (κ2) is 11.6. The van der Waals surface area contributed by atoms with E-state index in [1.165, 1.54) is 35.2 Å². The highest BCUT2D eigenvalue weighted by molar-refractivity contribution is 8.00. The Bertz CT molecular complexity index is 1310. The number of rotatable bonds is 7. The largest absolute Gasteiger partial charge is 0.394 e. The van der Waals surface area contributed by atoms with Crippen molar-refractivity contribution < 1.29 is 37.7 Å². The molecule has 15 heteroatoms. The molecular weight excluding hydrogens is 551 g/mol. The fourth-order valence-electron chi connectivity index (χ4n) is 3.98. The van der Waals surface area contributed by atoms with Crippen LogP contribution in [0, 0.1) is 17.5 Å². The number of nitrogens with zero attached hydrogens (tertiary/aromatic N) is 5. The number of aromatic nitrogens is 4. The van der Waals surface area contributed by atoms with Gasteiger partial charge in [0.2, 0.25) is 0 Å². The van der Waals surface area contributed by atoms with E-state index >= 15 is 0 Å². The number of hydrogen-bond donors (Lipinski definition) is 2. The van der Waals surface area contributed by atoms with Crippen molar-refractivity contribution in [1.29, 1.82) is 0 Å². The van der Waals surface area contributed by atoms with E-state index < -0.39 is 53.8 Å². The van der Waals surface area contributed by atoms with Crippen molar-refractivity contribution in [2.24, 2.45) is 0 Å². The number of aliphatic hydroxyl groups excluding tert-OH is 2. The molecule has 0 aliphatic carbocycles. The number of benzene rings is 1. The fourth-order valence-corrected chi connectivity index (χ4v) is 5.50. The lowest BCUT2D eigenvalue weighted by Crippen LogP contribution is -2.55. The summed E-state index contributed by atoms with van der Waals surface area (Å²) in [6.45, 7) is -0.571. The fraction of sp³-hybridized carbons (Fsp3) is 0.391. The van der Waals surface area contributed by atoms with Gasteiger partial charge in [-0.25, -0.2) is 22.8 Å². The van der Waals surface area contributed by atoms with Crippen molar-refractivity contribution in [1.82, 2.24) is 24.9 Å². The predicted octanol–water partition coefficient (Wildman–Crippen LogP) is 2.54. The van der Waals surface area contributed by atoms with E-state index in [2.05, 4.69) is 15.3 Å². The Kier molecular flexibility index (Phi) is 8.59. The number of carbonyl (C=O) groups excluding carboxylic acids is 1. The van der Waals surface area contributed by atoms with Gasteiger partial charge in [0.15, 0.2) is 17.5 Å². The Morgan fingerprint density at radius 2 is 1.95 bits per heavy atom. The summed E-state index contributed by atoms with van der Waals surface area (Å²) in [4.78, 5) is 18.6. The summed E-state index contributed by atoms with van der Waals surface area (Å²) in [6, 6.07) is 2.07. The van der Waals surface area contributed by atoms with Gasteiger partial charge >= 0.3 is 0 Å². The third-order valence-corrected chi connectivity index (χ3v) is 7.25. The number of aliphatic hydroxyl groups is 2. The average molecular weight is 574 g/mol. The minimum atomic E-state index is -1.62. The Labute approximate surface area is 224 Å². The van der Waals surface area contributed by atoms with E-state index in [9.17, 15) is 28.2 Å². The van der Waals surface area contributed by atoms with E-state index in [1.807, 2.05) is 0 Å². The molecule has 1 aliphatic rings. The van der Waals surface area contributed by atoms with Gasteiger partial charge in [-0.05, 0) is 18.2 Å². The van der Waals surface area contributed by atoms with Crippen molar-refractivity contribution in [2.75, 3.05) is 27.8 Å². The number of carbonyl (C=O) groups is 1. The van der Waals surface area contributed by atoms with Crippen LogP contribution in [0.4, 0.5) is 13.2 Å².